The fraction of sp³-hybridized carbons (Fsp3) is 0.364. The molecule has 2 heterocycles. The Balaban J connectivity index is 1.26. The van der Waals surface area contributed by atoms with E-state index in [-0.39, 0.29) is 11.6 Å². The monoisotopic (exact) mass is 439 g/mol. The Morgan fingerprint density at radius 1 is 1.10 bits per heavy atom. The number of anilines is 1. The number of carbonyl (C=O) groups is 1. The minimum Gasteiger partial charge on any atom is -0.351 e. The van der Waals surface area contributed by atoms with Crippen molar-refractivity contribution in [2.45, 2.75) is 13.8 Å². The van der Waals surface area contributed by atoms with Gasteiger partial charge in [-0.15, -0.1) is 0 Å². The van der Waals surface area contributed by atoms with Gasteiger partial charge in [-0.3, -0.25) is 19.8 Å². The number of fused-ring (bicyclic) bond motifs is 1. The van der Waals surface area contributed by atoms with Gasteiger partial charge >= 0.3 is 0 Å². The minimum atomic E-state index is -0.474. The number of hydrogen-bond acceptors (Lipinski definition) is 7. The highest BCUT2D eigenvalue weighted by molar-refractivity contribution is 7.22. The summed E-state index contributed by atoms with van der Waals surface area (Å²) >= 11 is 1.77. The van der Waals surface area contributed by atoms with E-state index in [2.05, 4.69) is 41.1 Å². The SMILES string of the molecule is Cc1ccc(C)c2sc(N3CCN(CCNC(=O)c4ccc([N+](=O)[O-])cc4)CC3)nc12. The van der Waals surface area contributed by atoms with Crippen molar-refractivity contribution in [2.24, 2.45) is 0 Å². The predicted molar refractivity (Wildman–Crippen MR) is 123 cm³/mol. The summed E-state index contributed by atoms with van der Waals surface area (Å²) in [5, 5.41) is 14.7. The minimum absolute atomic E-state index is 0.0205. The highest BCUT2D eigenvalue weighted by Crippen LogP contribution is 2.33. The lowest BCUT2D eigenvalue weighted by molar-refractivity contribution is -0.384. The van der Waals surface area contributed by atoms with Gasteiger partial charge in [0.05, 0.1) is 15.1 Å². The predicted octanol–water partition coefficient (Wildman–Crippen LogP) is 3.37. The standard InChI is InChI=1S/C22H25N5O3S/c1-15-3-4-16(2)20-19(15)24-22(31-20)26-13-11-25(12-14-26)10-9-23-21(28)17-5-7-18(8-6-17)27(29)30/h3-8H,9-14H2,1-2H3,(H,23,28). The van der Waals surface area contributed by atoms with E-state index in [0.717, 1.165) is 43.4 Å². The molecule has 0 unspecified atom stereocenters. The maximum Gasteiger partial charge on any atom is 0.269 e. The number of nitrogens with one attached hydrogen (secondary N) is 1. The van der Waals surface area contributed by atoms with E-state index < -0.39 is 4.92 Å². The number of hydrogen-bond donors (Lipinski definition) is 1. The van der Waals surface area contributed by atoms with Gasteiger partial charge < -0.3 is 10.2 Å². The average molecular weight is 440 g/mol. The van der Waals surface area contributed by atoms with E-state index in [1.165, 1.54) is 40.1 Å². The number of aryl methyl sites for hydroxylation is 2. The molecule has 4 rings (SSSR count). The third-order valence-corrected chi connectivity index (χ3v) is 6.88. The number of nitro groups is 1. The van der Waals surface area contributed by atoms with Crippen LogP contribution < -0.4 is 10.2 Å². The fourth-order valence-corrected chi connectivity index (χ4v) is 4.87. The number of carbonyl (C=O) groups excluding carboxylic acids is 1. The quantitative estimate of drug-likeness (QED) is 0.468. The smallest absolute Gasteiger partial charge is 0.269 e. The van der Waals surface area contributed by atoms with Gasteiger partial charge in [0.15, 0.2) is 5.13 Å². The highest BCUT2D eigenvalue weighted by Gasteiger charge is 2.20. The third kappa shape index (κ3) is 4.67. The van der Waals surface area contributed by atoms with Gasteiger partial charge in [-0.2, -0.15) is 0 Å². The molecule has 8 nitrogen and oxygen atoms in total. The van der Waals surface area contributed by atoms with Crippen LogP contribution in [0.2, 0.25) is 0 Å². The van der Waals surface area contributed by atoms with Crippen LogP contribution >= 0.6 is 11.3 Å². The van der Waals surface area contributed by atoms with Crippen LogP contribution in [0, 0.1) is 24.0 Å². The van der Waals surface area contributed by atoms with E-state index in [1.807, 2.05) is 0 Å². The summed E-state index contributed by atoms with van der Waals surface area (Å²) < 4.78 is 1.27. The number of benzene rings is 2. The van der Waals surface area contributed by atoms with E-state index in [9.17, 15) is 14.9 Å². The molecule has 0 atom stereocenters. The second kappa shape index (κ2) is 8.99. The van der Waals surface area contributed by atoms with Crippen molar-refractivity contribution >= 4 is 38.3 Å². The van der Waals surface area contributed by atoms with Crippen molar-refractivity contribution in [2.75, 3.05) is 44.2 Å². The fourth-order valence-electron chi connectivity index (χ4n) is 3.71. The average Bonchev–Trinajstić information content (AvgIpc) is 3.24. The zero-order valence-electron chi connectivity index (χ0n) is 17.6. The normalized spacial score (nSPS) is 14.7. The summed E-state index contributed by atoms with van der Waals surface area (Å²) in [7, 11) is 0. The molecular formula is C22H25N5O3S. The summed E-state index contributed by atoms with van der Waals surface area (Å²) in [5.41, 5.74) is 4.00. The first-order valence-electron chi connectivity index (χ1n) is 10.3. The topological polar surface area (TPSA) is 91.6 Å². The Kier molecular flexibility index (Phi) is 6.15. The van der Waals surface area contributed by atoms with Gasteiger partial charge in [0.1, 0.15) is 0 Å². The first-order valence-corrected chi connectivity index (χ1v) is 11.1. The summed E-state index contributed by atoms with van der Waals surface area (Å²) in [6.45, 7) is 9.20. The summed E-state index contributed by atoms with van der Waals surface area (Å²) in [4.78, 5) is 32.0. The zero-order chi connectivity index (χ0) is 22.0. The Hall–Kier alpha value is -3.04. The molecule has 9 heteroatoms. The number of piperazine rings is 1. The molecule has 0 aliphatic carbocycles. The van der Waals surface area contributed by atoms with Gasteiger partial charge in [0.2, 0.25) is 0 Å². The number of amides is 1. The molecule has 31 heavy (non-hydrogen) atoms. The van der Waals surface area contributed by atoms with Gasteiger partial charge in [0, 0.05) is 57.0 Å². The molecule has 1 fully saturated rings. The number of non-ortho nitro benzene ring substituents is 1. The number of thiazole rings is 1. The van der Waals surface area contributed by atoms with E-state index in [0.29, 0.717) is 12.1 Å². The molecule has 3 aromatic rings. The molecule has 1 aromatic heterocycles. The molecule has 1 aliphatic heterocycles. The third-order valence-electron chi connectivity index (χ3n) is 5.63. The molecule has 0 spiro atoms. The first-order chi connectivity index (χ1) is 14.9. The van der Waals surface area contributed by atoms with E-state index >= 15 is 0 Å². The van der Waals surface area contributed by atoms with E-state index in [1.54, 1.807) is 11.3 Å². The summed E-state index contributed by atoms with van der Waals surface area (Å²) in [6.07, 6.45) is 0. The molecule has 162 valence electrons. The molecular weight excluding hydrogens is 414 g/mol. The number of nitro benzene ring substituents is 1. The van der Waals surface area contributed by atoms with Crippen molar-refractivity contribution in [3.05, 3.63) is 63.2 Å². The van der Waals surface area contributed by atoms with Crippen LogP contribution in [0.5, 0.6) is 0 Å². The Bertz CT molecular complexity index is 1070. The van der Waals surface area contributed by atoms with Crippen LogP contribution in [0.3, 0.4) is 0 Å². The Morgan fingerprint density at radius 3 is 2.42 bits per heavy atom. The van der Waals surface area contributed by atoms with E-state index in [4.69, 9.17) is 4.98 Å². The molecule has 2 aromatic carbocycles. The van der Waals surface area contributed by atoms with Crippen LogP contribution in [0.15, 0.2) is 36.4 Å². The molecule has 0 bridgehead atoms. The van der Waals surface area contributed by atoms with Crippen molar-refractivity contribution in [3.63, 3.8) is 0 Å². The zero-order valence-corrected chi connectivity index (χ0v) is 18.4. The molecule has 1 aliphatic rings. The highest BCUT2D eigenvalue weighted by atomic mass is 32.1. The number of aromatic nitrogens is 1. The molecule has 1 N–H and O–H groups in total. The van der Waals surface area contributed by atoms with Crippen molar-refractivity contribution < 1.29 is 9.72 Å². The second-order valence-electron chi connectivity index (χ2n) is 7.76. The summed E-state index contributed by atoms with van der Waals surface area (Å²) in [6, 6.07) is 9.94. The maximum atomic E-state index is 12.2. The molecule has 1 amide bonds. The molecule has 0 radical (unpaired) electrons. The largest absolute Gasteiger partial charge is 0.351 e. The van der Waals surface area contributed by atoms with Gasteiger partial charge in [-0.25, -0.2) is 4.98 Å². The van der Waals surface area contributed by atoms with Crippen molar-refractivity contribution in [1.29, 1.82) is 0 Å². The van der Waals surface area contributed by atoms with Crippen LogP contribution in [0.25, 0.3) is 10.2 Å². The van der Waals surface area contributed by atoms with Crippen molar-refractivity contribution in [3.8, 4) is 0 Å². The number of rotatable bonds is 6. The number of nitrogens with zero attached hydrogens (tertiary/aromatic N) is 4. The molecule has 0 saturated carbocycles. The second-order valence-corrected chi connectivity index (χ2v) is 8.74. The lowest BCUT2D eigenvalue weighted by Crippen LogP contribution is -2.48. The van der Waals surface area contributed by atoms with Crippen LogP contribution in [0.4, 0.5) is 10.8 Å². The first kappa shape index (κ1) is 21.2. The van der Waals surface area contributed by atoms with Gasteiger partial charge in [-0.05, 0) is 37.1 Å². The lowest BCUT2D eigenvalue weighted by Gasteiger charge is -2.34. The summed E-state index contributed by atoms with van der Waals surface area (Å²) in [5.74, 6) is -0.214. The van der Waals surface area contributed by atoms with Crippen LogP contribution in [-0.4, -0.2) is 60.0 Å². The Morgan fingerprint density at radius 2 is 1.77 bits per heavy atom. The Labute approximate surface area is 184 Å². The van der Waals surface area contributed by atoms with Crippen molar-refractivity contribution in [1.82, 2.24) is 15.2 Å². The lowest BCUT2D eigenvalue weighted by atomic mass is 10.1. The maximum absolute atomic E-state index is 12.2. The van der Waals surface area contributed by atoms with Gasteiger partial charge in [-0.1, -0.05) is 23.5 Å². The molecule has 1 saturated heterocycles. The van der Waals surface area contributed by atoms with Gasteiger partial charge in [0.25, 0.3) is 11.6 Å². The van der Waals surface area contributed by atoms with Crippen LogP contribution in [0.1, 0.15) is 21.5 Å². The van der Waals surface area contributed by atoms with Crippen LogP contribution in [-0.2, 0) is 0 Å².